The van der Waals surface area contributed by atoms with Crippen LogP contribution in [-0.2, 0) is 28.5 Å². The fourth-order valence-electron chi connectivity index (χ4n) is 4.58. The van der Waals surface area contributed by atoms with E-state index in [2.05, 4.69) is 11.1 Å². The normalized spacial score (nSPS) is 26.8. The molecule has 0 bridgehead atoms. The van der Waals surface area contributed by atoms with Crippen LogP contribution in [0.1, 0.15) is 46.8 Å². The molecular weight excluding hydrogens is 525 g/mol. The molecule has 5 atom stereocenters. The molecule has 3 rings (SSSR count). The van der Waals surface area contributed by atoms with Crippen molar-refractivity contribution in [3.05, 3.63) is 33.1 Å². The highest BCUT2D eigenvalue weighted by molar-refractivity contribution is 7.89. The maximum absolute atomic E-state index is 12.6. The van der Waals surface area contributed by atoms with Gasteiger partial charge in [0.25, 0.3) is 14.1 Å². The molecule has 0 saturated carbocycles. The third-order valence-corrected chi connectivity index (χ3v) is 10.2. The fraction of sp³-hybridized carbons (Fsp3) is 0.773. The molecule has 1 aromatic rings. The SMILES string of the molecule is CO[C@@H]1[C@H](OP(OCCC#N)N(C(C)C)C(C)C)[C@@H](CN2CCCS2(=O)=O)O[C@H]1n1ccc(=O)[nH]c1=O. The van der Waals surface area contributed by atoms with Crippen LogP contribution in [0.5, 0.6) is 0 Å². The summed E-state index contributed by atoms with van der Waals surface area (Å²) >= 11 is 0. The van der Waals surface area contributed by atoms with Crippen LogP contribution in [0.3, 0.4) is 0 Å². The van der Waals surface area contributed by atoms with Gasteiger partial charge in [-0.25, -0.2) is 17.9 Å². The maximum atomic E-state index is 12.6. The fourth-order valence-corrected chi connectivity index (χ4v) is 7.88. The first-order chi connectivity index (χ1) is 17.5. The monoisotopic (exact) mass is 561 g/mol. The van der Waals surface area contributed by atoms with E-state index in [-0.39, 0.29) is 37.4 Å². The molecule has 0 aliphatic carbocycles. The van der Waals surface area contributed by atoms with Gasteiger partial charge in [-0.1, -0.05) is 0 Å². The Morgan fingerprint density at radius 2 is 1.97 bits per heavy atom. The predicted octanol–water partition coefficient (Wildman–Crippen LogP) is 1.15. The lowest BCUT2D eigenvalue weighted by Gasteiger charge is -2.38. The topological polar surface area (TPSA) is 156 Å². The quantitative estimate of drug-likeness (QED) is 0.290. The number of hydrogen-bond donors (Lipinski definition) is 1. The number of hydrogen-bond acceptors (Lipinski definition) is 10. The minimum atomic E-state index is -3.44. The predicted molar refractivity (Wildman–Crippen MR) is 136 cm³/mol. The Kier molecular flexibility index (Phi) is 10.4. The van der Waals surface area contributed by atoms with E-state index in [4.69, 9.17) is 23.8 Å². The molecule has 2 aliphatic rings. The van der Waals surface area contributed by atoms with Crippen molar-refractivity contribution in [1.29, 1.82) is 5.26 Å². The Balaban J connectivity index is 1.99. The van der Waals surface area contributed by atoms with E-state index in [0.717, 1.165) is 0 Å². The lowest BCUT2D eigenvalue weighted by Crippen LogP contribution is -2.44. The van der Waals surface area contributed by atoms with Crippen molar-refractivity contribution >= 4 is 18.5 Å². The smallest absolute Gasteiger partial charge is 0.330 e. The van der Waals surface area contributed by atoms with Crippen LogP contribution < -0.4 is 11.2 Å². The third-order valence-electron chi connectivity index (χ3n) is 6.14. The largest absolute Gasteiger partial charge is 0.374 e. The van der Waals surface area contributed by atoms with Crippen LogP contribution in [0.15, 0.2) is 21.9 Å². The molecule has 37 heavy (non-hydrogen) atoms. The van der Waals surface area contributed by atoms with Gasteiger partial charge in [-0.3, -0.25) is 14.3 Å². The third kappa shape index (κ3) is 7.04. The second-order valence-corrected chi connectivity index (χ2v) is 12.9. The molecule has 2 saturated heterocycles. The van der Waals surface area contributed by atoms with Gasteiger partial charge in [0.05, 0.1) is 24.8 Å². The van der Waals surface area contributed by atoms with Crippen LogP contribution in [0.2, 0.25) is 0 Å². The summed E-state index contributed by atoms with van der Waals surface area (Å²) in [5.41, 5.74) is -1.24. The Bertz CT molecular complexity index is 1160. The van der Waals surface area contributed by atoms with Gasteiger partial charge in [-0.05, 0) is 34.1 Å². The highest BCUT2D eigenvalue weighted by Crippen LogP contribution is 2.50. The van der Waals surface area contributed by atoms with Crippen molar-refractivity contribution in [3.63, 3.8) is 0 Å². The maximum Gasteiger partial charge on any atom is 0.330 e. The van der Waals surface area contributed by atoms with Gasteiger partial charge >= 0.3 is 5.69 Å². The van der Waals surface area contributed by atoms with E-state index in [1.165, 1.54) is 28.2 Å². The van der Waals surface area contributed by atoms with E-state index in [1.54, 1.807) is 0 Å². The molecule has 0 spiro atoms. The van der Waals surface area contributed by atoms with Gasteiger partial charge < -0.3 is 18.5 Å². The zero-order valence-electron chi connectivity index (χ0n) is 21.8. The average molecular weight is 562 g/mol. The Morgan fingerprint density at radius 1 is 1.27 bits per heavy atom. The molecule has 15 heteroatoms. The lowest BCUT2D eigenvalue weighted by molar-refractivity contribution is -0.0553. The van der Waals surface area contributed by atoms with E-state index in [1.807, 2.05) is 32.4 Å². The van der Waals surface area contributed by atoms with E-state index in [0.29, 0.717) is 13.0 Å². The number of methoxy groups -OCH3 is 1. The number of nitrogens with one attached hydrogen (secondary N) is 1. The number of rotatable bonds is 12. The zero-order valence-corrected chi connectivity index (χ0v) is 23.5. The number of aromatic nitrogens is 2. The molecule has 0 radical (unpaired) electrons. The first kappa shape index (κ1) is 29.9. The molecule has 2 aliphatic heterocycles. The lowest BCUT2D eigenvalue weighted by atomic mass is 10.1. The number of ether oxygens (including phenoxy) is 2. The van der Waals surface area contributed by atoms with Crippen molar-refractivity contribution in [1.82, 2.24) is 18.5 Å². The van der Waals surface area contributed by atoms with E-state index >= 15 is 0 Å². The molecule has 208 valence electrons. The zero-order chi connectivity index (χ0) is 27.3. The summed E-state index contributed by atoms with van der Waals surface area (Å²) in [6.07, 6.45) is -1.45. The van der Waals surface area contributed by atoms with Crippen molar-refractivity contribution in [2.24, 2.45) is 0 Å². The summed E-state index contributed by atoms with van der Waals surface area (Å²) in [6, 6.07) is 3.33. The van der Waals surface area contributed by atoms with Gasteiger partial charge in [-0.2, -0.15) is 9.57 Å². The summed E-state index contributed by atoms with van der Waals surface area (Å²) in [4.78, 5) is 26.4. The summed E-state index contributed by atoms with van der Waals surface area (Å²) < 4.78 is 54.4. The van der Waals surface area contributed by atoms with Gasteiger partial charge in [0.2, 0.25) is 10.0 Å². The summed E-state index contributed by atoms with van der Waals surface area (Å²) in [5.74, 6) is 0.0558. The molecular formula is C22H36N5O8PS. The Hall–Kier alpha value is -1.69. The Labute approximate surface area is 218 Å². The summed E-state index contributed by atoms with van der Waals surface area (Å²) in [5, 5.41) is 9.02. The molecule has 0 amide bonds. The summed E-state index contributed by atoms with van der Waals surface area (Å²) in [6.45, 7) is 8.52. The van der Waals surface area contributed by atoms with Gasteiger partial charge in [-0.15, -0.1) is 0 Å². The van der Waals surface area contributed by atoms with Crippen LogP contribution in [-0.4, -0.2) is 89.9 Å². The van der Waals surface area contributed by atoms with E-state index in [9.17, 15) is 18.0 Å². The van der Waals surface area contributed by atoms with Gasteiger partial charge in [0.15, 0.2) is 6.23 Å². The van der Waals surface area contributed by atoms with Crippen LogP contribution in [0, 0.1) is 11.3 Å². The average Bonchev–Trinajstić information content (AvgIpc) is 3.32. The number of sulfonamides is 1. The molecule has 3 heterocycles. The number of nitrogens with zero attached hydrogens (tertiary/aromatic N) is 4. The minimum absolute atomic E-state index is 0.00614. The van der Waals surface area contributed by atoms with Crippen LogP contribution in [0.4, 0.5) is 0 Å². The molecule has 1 aromatic heterocycles. The second kappa shape index (κ2) is 12.9. The first-order valence-corrected chi connectivity index (χ1v) is 15.0. The first-order valence-electron chi connectivity index (χ1n) is 12.2. The second-order valence-electron chi connectivity index (χ2n) is 9.43. The summed E-state index contributed by atoms with van der Waals surface area (Å²) in [7, 11) is -3.71. The van der Waals surface area contributed by atoms with Crippen molar-refractivity contribution < 1.29 is 26.9 Å². The van der Waals surface area contributed by atoms with Crippen molar-refractivity contribution in [3.8, 4) is 6.07 Å². The highest BCUT2D eigenvalue weighted by atomic mass is 32.2. The molecule has 0 aromatic carbocycles. The molecule has 2 fully saturated rings. The van der Waals surface area contributed by atoms with Gasteiger partial charge in [0, 0.05) is 44.5 Å². The number of aromatic amines is 1. The van der Waals surface area contributed by atoms with Crippen LogP contribution >= 0.6 is 8.53 Å². The highest BCUT2D eigenvalue weighted by Gasteiger charge is 2.51. The van der Waals surface area contributed by atoms with Crippen LogP contribution in [0.25, 0.3) is 0 Å². The van der Waals surface area contributed by atoms with E-state index < -0.39 is 54.3 Å². The number of nitriles is 1. The Morgan fingerprint density at radius 3 is 2.51 bits per heavy atom. The molecule has 13 nitrogen and oxygen atoms in total. The minimum Gasteiger partial charge on any atom is -0.374 e. The van der Waals surface area contributed by atoms with Gasteiger partial charge in [0.1, 0.15) is 18.3 Å². The van der Waals surface area contributed by atoms with Crippen molar-refractivity contribution in [2.75, 3.05) is 32.6 Å². The number of H-pyrrole nitrogens is 1. The standard InChI is InChI=1S/C22H36N5O8PS/c1-15(2)27(16(3)4)36(33-12-6-9-23)35-19-17(14-25-10-7-13-37(25,30)31)34-21(20(19)32-5)26-11-8-18(28)24-22(26)29/h8,11,15-17,19-21H,6-7,10,12-14H2,1-5H3,(H,24,28,29)/t17-,19-,20-,21-,36?/m1/s1. The molecule has 1 unspecified atom stereocenters. The molecule has 1 N–H and O–H groups in total. The van der Waals surface area contributed by atoms with Crippen molar-refractivity contribution in [2.45, 2.75) is 77.2 Å².